The SMILES string of the molecule is C1=CCC/C=C\CC/C=C\CC1. The van der Waals surface area contributed by atoms with Crippen molar-refractivity contribution >= 4 is 0 Å². The van der Waals surface area contributed by atoms with Crippen LogP contribution in [0.2, 0.25) is 0 Å². The zero-order valence-electron chi connectivity index (χ0n) is 7.71. The highest BCUT2D eigenvalue weighted by Gasteiger charge is 1.82. The lowest BCUT2D eigenvalue weighted by molar-refractivity contribution is 0.962. The van der Waals surface area contributed by atoms with Crippen LogP contribution < -0.4 is 0 Å². The second-order valence-corrected chi connectivity index (χ2v) is 3.15. The van der Waals surface area contributed by atoms with E-state index in [1.54, 1.807) is 0 Å². The Morgan fingerprint density at radius 2 is 0.500 bits per heavy atom. The predicted octanol–water partition coefficient (Wildman–Crippen LogP) is 4.01. The number of hydrogen-bond acceptors (Lipinski definition) is 0. The zero-order valence-corrected chi connectivity index (χ0v) is 7.71. The number of rotatable bonds is 0. The largest absolute Gasteiger partial charge is 0.0882 e. The van der Waals surface area contributed by atoms with Gasteiger partial charge in [-0.05, 0) is 38.5 Å². The van der Waals surface area contributed by atoms with Crippen molar-refractivity contribution in [3.63, 3.8) is 0 Å². The zero-order chi connectivity index (χ0) is 8.49. The second-order valence-electron chi connectivity index (χ2n) is 3.15. The molecular formula is C12H18. The molecule has 0 N–H and O–H groups in total. The summed E-state index contributed by atoms with van der Waals surface area (Å²) in [5.41, 5.74) is 0. The molecule has 66 valence electrons. The van der Waals surface area contributed by atoms with Gasteiger partial charge in [-0.15, -0.1) is 0 Å². The summed E-state index contributed by atoms with van der Waals surface area (Å²) in [4.78, 5) is 0. The Morgan fingerprint density at radius 3 is 0.667 bits per heavy atom. The third-order valence-electron chi connectivity index (χ3n) is 2.00. The lowest BCUT2D eigenvalue weighted by atomic mass is 10.1. The molecule has 0 heterocycles. The van der Waals surface area contributed by atoms with Crippen LogP contribution in [0.25, 0.3) is 0 Å². The van der Waals surface area contributed by atoms with Crippen molar-refractivity contribution in [1.29, 1.82) is 0 Å². The average molecular weight is 162 g/mol. The predicted molar refractivity (Wildman–Crippen MR) is 55.1 cm³/mol. The summed E-state index contributed by atoms with van der Waals surface area (Å²) in [7, 11) is 0. The highest BCUT2D eigenvalue weighted by molar-refractivity contribution is 4.93. The Hall–Kier alpha value is -0.780. The third-order valence-corrected chi connectivity index (χ3v) is 2.00. The number of hydrogen-bond donors (Lipinski definition) is 0. The Kier molecular flexibility index (Phi) is 5.35. The van der Waals surface area contributed by atoms with Crippen LogP contribution in [-0.2, 0) is 0 Å². The van der Waals surface area contributed by atoms with E-state index in [9.17, 15) is 0 Å². The quantitative estimate of drug-likeness (QED) is 0.472. The molecule has 0 saturated heterocycles. The highest BCUT2D eigenvalue weighted by Crippen LogP contribution is 2.02. The van der Waals surface area contributed by atoms with Crippen LogP contribution in [0, 0.1) is 0 Å². The molecule has 0 aromatic rings. The van der Waals surface area contributed by atoms with Crippen LogP contribution in [0.5, 0.6) is 0 Å². The smallest absolute Gasteiger partial charge is 0.0316 e. The van der Waals surface area contributed by atoms with Crippen molar-refractivity contribution in [2.24, 2.45) is 0 Å². The average Bonchev–Trinajstić information content (AvgIpc) is 2.05. The van der Waals surface area contributed by atoms with Gasteiger partial charge in [0.05, 0.1) is 0 Å². The fourth-order valence-electron chi connectivity index (χ4n) is 1.28. The maximum Gasteiger partial charge on any atom is -0.0316 e. The lowest BCUT2D eigenvalue weighted by Gasteiger charge is -1.92. The van der Waals surface area contributed by atoms with Gasteiger partial charge in [-0.3, -0.25) is 0 Å². The molecular weight excluding hydrogens is 144 g/mol. The van der Waals surface area contributed by atoms with Gasteiger partial charge in [0.2, 0.25) is 0 Å². The molecule has 0 bridgehead atoms. The van der Waals surface area contributed by atoms with Crippen molar-refractivity contribution in [3.05, 3.63) is 36.5 Å². The first-order valence-corrected chi connectivity index (χ1v) is 4.95. The lowest BCUT2D eigenvalue weighted by Crippen LogP contribution is -1.71. The summed E-state index contributed by atoms with van der Waals surface area (Å²) in [6.07, 6.45) is 21.0. The van der Waals surface area contributed by atoms with Crippen LogP contribution in [0.4, 0.5) is 0 Å². The van der Waals surface area contributed by atoms with Crippen LogP contribution >= 0.6 is 0 Å². The van der Waals surface area contributed by atoms with E-state index in [-0.39, 0.29) is 0 Å². The van der Waals surface area contributed by atoms with Crippen molar-refractivity contribution in [1.82, 2.24) is 0 Å². The van der Waals surface area contributed by atoms with E-state index in [1.807, 2.05) is 0 Å². The monoisotopic (exact) mass is 162 g/mol. The highest BCUT2D eigenvalue weighted by atomic mass is 13.9. The third kappa shape index (κ3) is 4.95. The van der Waals surface area contributed by atoms with Crippen molar-refractivity contribution in [2.45, 2.75) is 38.5 Å². The Balaban J connectivity index is 2.30. The fraction of sp³-hybridized carbons (Fsp3) is 0.500. The van der Waals surface area contributed by atoms with E-state index >= 15 is 0 Å². The first-order chi connectivity index (χ1) is 6.00. The summed E-state index contributed by atoms with van der Waals surface area (Å²) < 4.78 is 0. The van der Waals surface area contributed by atoms with Crippen LogP contribution in [0.1, 0.15) is 38.5 Å². The van der Waals surface area contributed by atoms with Crippen LogP contribution in [0.3, 0.4) is 0 Å². The minimum absolute atomic E-state index is 1.21. The van der Waals surface area contributed by atoms with E-state index in [4.69, 9.17) is 0 Å². The Bertz CT molecular complexity index is 121. The van der Waals surface area contributed by atoms with E-state index in [2.05, 4.69) is 36.5 Å². The first-order valence-electron chi connectivity index (χ1n) is 4.95. The molecule has 0 spiro atoms. The molecule has 0 heteroatoms. The Morgan fingerprint density at radius 1 is 0.333 bits per heavy atom. The van der Waals surface area contributed by atoms with Crippen LogP contribution in [-0.4, -0.2) is 0 Å². The molecule has 1 rings (SSSR count). The van der Waals surface area contributed by atoms with Crippen molar-refractivity contribution in [2.75, 3.05) is 0 Å². The first kappa shape index (κ1) is 9.31. The van der Waals surface area contributed by atoms with Gasteiger partial charge in [0, 0.05) is 0 Å². The maximum atomic E-state index is 2.29. The Labute approximate surface area is 75.7 Å². The molecule has 0 atom stereocenters. The normalized spacial score (nSPS) is 25.3. The molecule has 1 aliphatic rings. The molecule has 0 amide bonds. The molecule has 0 radical (unpaired) electrons. The summed E-state index contributed by atoms with van der Waals surface area (Å²) in [6.45, 7) is 0. The van der Waals surface area contributed by atoms with Gasteiger partial charge in [-0.25, -0.2) is 0 Å². The van der Waals surface area contributed by atoms with Gasteiger partial charge in [0.1, 0.15) is 0 Å². The second kappa shape index (κ2) is 6.90. The summed E-state index contributed by atoms with van der Waals surface area (Å²) in [5, 5.41) is 0. The number of allylic oxidation sites excluding steroid dienone is 6. The van der Waals surface area contributed by atoms with Gasteiger partial charge < -0.3 is 0 Å². The standard InChI is InChI=1S/C12H18/c1-2-4-6-8-10-12-11-9-7-5-3-1/h1-2,7-10H,3-6,11-12H2/b2-1-,9-7-,10-8?. The molecule has 0 aromatic carbocycles. The van der Waals surface area contributed by atoms with Gasteiger partial charge in [-0.1, -0.05) is 36.5 Å². The molecule has 0 aromatic heterocycles. The molecule has 0 nitrogen and oxygen atoms in total. The van der Waals surface area contributed by atoms with Gasteiger partial charge >= 0.3 is 0 Å². The van der Waals surface area contributed by atoms with Gasteiger partial charge in [0.15, 0.2) is 0 Å². The van der Waals surface area contributed by atoms with Gasteiger partial charge in [-0.2, -0.15) is 0 Å². The molecule has 0 aliphatic heterocycles. The summed E-state index contributed by atoms with van der Waals surface area (Å²) in [6, 6.07) is 0. The van der Waals surface area contributed by atoms with E-state index in [1.165, 1.54) is 38.5 Å². The maximum absolute atomic E-state index is 2.29. The molecule has 1 aliphatic carbocycles. The minimum atomic E-state index is 1.21. The van der Waals surface area contributed by atoms with E-state index < -0.39 is 0 Å². The summed E-state index contributed by atoms with van der Waals surface area (Å²) in [5.74, 6) is 0. The fourth-order valence-corrected chi connectivity index (χ4v) is 1.28. The summed E-state index contributed by atoms with van der Waals surface area (Å²) >= 11 is 0. The van der Waals surface area contributed by atoms with Crippen molar-refractivity contribution in [3.8, 4) is 0 Å². The topological polar surface area (TPSA) is 0 Å². The molecule has 0 unspecified atom stereocenters. The van der Waals surface area contributed by atoms with E-state index in [0.29, 0.717) is 0 Å². The minimum Gasteiger partial charge on any atom is -0.0882 e. The van der Waals surface area contributed by atoms with Crippen molar-refractivity contribution < 1.29 is 0 Å². The molecule has 0 fully saturated rings. The van der Waals surface area contributed by atoms with Crippen LogP contribution in [0.15, 0.2) is 36.5 Å². The molecule has 0 saturated carbocycles. The van der Waals surface area contributed by atoms with E-state index in [0.717, 1.165) is 0 Å². The molecule has 12 heavy (non-hydrogen) atoms. The van der Waals surface area contributed by atoms with Gasteiger partial charge in [0.25, 0.3) is 0 Å².